The quantitative estimate of drug-likeness (QED) is 0.352. The third-order valence-electron chi connectivity index (χ3n) is 4.84. The molecule has 0 aliphatic heterocycles. The number of oxazole rings is 1. The average Bonchev–Trinajstić information content (AvgIpc) is 3.34. The van der Waals surface area contributed by atoms with Crippen LogP contribution in [0.2, 0.25) is 5.02 Å². The molecule has 0 amide bonds. The first-order valence-electron chi connectivity index (χ1n) is 9.56. The number of halogens is 1. The van der Waals surface area contributed by atoms with Gasteiger partial charge in [0.2, 0.25) is 5.89 Å². The number of benzene rings is 2. The minimum absolute atomic E-state index is 0.544. The lowest BCUT2D eigenvalue weighted by atomic mass is 10.2. The predicted octanol–water partition coefficient (Wildman–Crippen LogP) is 5.80. The highest BCUT2D eigenvalue weighted by Crippen LogP contribution is 2.40. The Labute approximate surface area is 178 Å². The summed E-state index contributed by atoms with van der Waals surface area (Å²) in [6.45, 7) is 0.786. The summed E-state index contributed by atoms with van der Waals surface area (Å²) < 4.78 is 7.89. The molecule has 1 fully saturated rings. The lowest BCUT2D eigenvalue weighted by molar-refractivity contribution is 0.573. The van der Waals surface area contributed by atoms with Crippen LogP contribution in [0.1, 0.15) is 35.8 Å². The topological polar surface area (TPSA) is 56.7 Å². The zero-order valence-electron chi connectivity index (χ0n) is 15.7. The van der Waals surface area contributed by atoms with E-state index in [1.165, 1.54) is 18.4 Å². The first kappa shape index (κ1) is 18.5. The van der Waals surface area contributed by atoms with Crippen LogP contribution in [-0.4, -0.2) is 19.7 Å². The lowest BCUT2D eigenvalue weighted by Gasteiger charge is -2.09. The summed E-state index contributed by atoms with van der Waals surface area (Å²) in [5.74, 6) is 2.88. The summed E-state index contributed by atoms with van der Waals surface area (Å²) in [7, 11) is 0. The smallest absolute Gasteiger partial charge is 0.226 e. The van der Waals surface area contributed by atoms with E-state index in [4.69, 9.17) is 16.0 Å². The van der Waals surface area contributed by atoms with Crippen LogP contribution < -0.4 is 0 Å². The minimum atomic E-state index is 0.544. The van der Waals surface area contributed by atoms with Gasteiger partial charge in [0.15, 0.2) is 5.16 Å². The Morgan fingerprint density at radius 2 is 1.93 bits per heavy atom. The van der Waals surface area contributed by atoms with Gasteiger partial charge in [-0.05, 0) is 36.6 Å². The fraction of sp³-hybridized carbons (Fsp3) is 0.227. The van der Waals surface area contributed by atoms with Gasteiger partial charge in [-0.1, -0.05) is 59.8 Å². The van der Waals surface area contributed by atoms with E-state index in [1.54, 1.807) is 18.0 Å². The van der Waals surface area contributed by atoms with Crippen molar-refractivity contribution in [2.75, 3.05) is 0 Å². The van der Waals surface area contributed by atoms with Gasteiger partial charge in [-0.3, -0.25) is 0 Å². The Morgan fingerprint density at radius 1 is 1.07 bits per heavy atom. The Kier molecular flexibility index (Phi) is 5.12. The van der Waals surface area contributed by atoms with Gasteiger partial charge in [0, 0.05) is 22.3 Å². The summed E-state index contributed by atoms with van der Waals surface area (Å²) in [4.78, 5) is 4.60. The van der Waals surface area contributed by atoms with Crippen molar-refractivity contribution in [3.63, 3.8) is 0 Å². The number of thioether (sulfide) groups is 1. The SMILES string of the molecule is Clc1cccc(-c2nc(CSc3nnc(C4CC4)n3Cc3ccccc3)co2)c1. The Bertz CT molecular complexity index is 1120. The van der Waals surface area contributed by atoms with E-state index in [0.29, 0.717) is 22.6 Å². The molecule has 2 heterocycles. The number of nitrogens with zero attached hydrogens (tertiary/aromatic N) is 4. The molecule has 2 aromatic carbocycles. The highest BCUT2D eigenvalue weighted by atomic mass is 35.5. The fourth-order valence-electron chi connectivity index (χ4n) is 3.23. The number of rotatable bonds is 7. The van der Waals surface area contributed by atoms with Gasteiger partial charge >= 0.3 is 0 Å². The predicted molar refractivity (Wildman–Crippen MR) is 114 cm³/mol. The van der Waals surface area contributed by atoms with E-state index in [9.17, 15) is 0 Å². The maximum Gasteiger partial charge on any atom is 0.226 e. The van der Waals surface area contributed by atoms with Gasteiger partial charge < -0.3 is 8.98 Å². The summed E-state index contributed by atoms with van der Waals surface area (Å²) in [6, 6.07) is 18.0. The molecule has 29 heavy (non-hydrogen) atoms. The van der Waals surface area contributed by atoms with Gasteiger partial charge in [-0.2, -0.15) is 0 Å². The van der Waals surface area contributed by atoms with Crippen LogP contribution in [-0.2, 0) is 12.3 Å². The minimum Gasteiger partial charge on any atom is -0.444 e. The van der Waals surface area contributed by atoms with Crippen LogP contribution >= 0.6 is 23.4 Å². The maximum atomic E-state index is 6.07. The van der Waals surface area contributed by atoms with Gasteiger partial charge in [-0.15, -0.1) is 10.2 Å². The molecular weight excluding hydrogens is 404 g/mol. The molecule has 7 heteroatoms. The molecule has 1 saturated carbocycles. The molecule has 5 nitrogen and oxygen atoms in total. The molecular formula is C22H19ClN4OS. The molecule has 0 unspecified atom stereocenters. The molecule has 0 saturated heterocycles. The van der Waals surface area contributed by atoms with Crippen molar-refractivity contribution in [3.05, 3.63) is 83.0 Å². The van der Waals surface area contributed by atoms with Crippen LogP contribution in [0.15, 0.2) is 70.4 Å². The van der Waals surface area contributed by atoms with Crippen LogP contribution in [0.4, 0.5) is 0 Å². The van der Waals surface area contributed by atoms with E-state index >= 15 is 0 Å². The summed E-state index contributed by atoms with van der Waals surface area (Å²) in [6.07, 6.45) is 4.09. The number of hydrogen-bond donors (Lipinski definition) is 0. The molecule has 0 radical (unpaired) electrons. The first-order valence-corrected chi connectivity index (χ1v) is 10.9. The average molecular weight is 423 g/mol. The Hall–Kier alpha value is -2.57. The van der Waals surface area contributed by atoms with Gasteiger partial charge in [0.05, 0.1) is 12.2 Å². The van der Waals surface area contributed by atoms with Gasteiger partial charge in [-0.25, -0.2) is 4.98 Å². The first-order chi connectivity index (χ1) is 14.3. The Balaban J connectivity index is 1.33. The molecule has 146 valence electrons. The highest BCUT2D eigenvalue weighted by molar-refractivity contribution is 7.98. The van der Waals surface area contributed by atoms with Crippen LogP contribution in [0, 0.1) is 0 Å². The van der Waals surface area contributed by atoms with Crippen LogP contribution in [0.5, 0.6) is 0 Å². The van der Waals surface area contributed by atoms with E-state index in [1.807, 2.05) is 30.3 Å². The standard InChI is InChI=1S/C22H19ClN4OS/c23-18-8-4-7-17(11-18)21-24-19(13-28-21)14-29-22-26-25-20(16-9-10-16)27(22)12-15-5-2-1-3-6-15/h1-8,11,13,16H,9-10,12,14H2. The molecule has 4 aromatic rings. The second-order valence-corrected chi connectivity index (χ2v) is 8.51. The Morgan fingerprint density at radius 3 is 2.72 bits per heavy atom. The molecule has 1 aliphatic carbocycles. The van der Waals surface area contributed by atoms with E-state index in [-0.39, 0.29) is 0 Å². The summed E-state index contributed by atoms with van der Waals surface area (Å²) >= 11 is 7.71. The summed E-state index contributed by atoms with van der Waals surface area (Å²) in [5.41, 5.74) is 2.99. The summed E-state index contributed by atoms with van der Waals surface area (Å²) in [5, 5.41) is 10.5. The zero-order chi connectivity index (χ0) is 19.6. The molecule has 0 atom stereocenters. The number of hydrogen-bond acceptors (Lipinski definition) is 5. The second kappa shape index (κ2) is 8.05. The zero-order valence-corrected chi connectivity index (χ0v) is 17.2. The number of aromatic nitrogens is 4. The monoisotopic (exact) mass is 422 g/mol. The van der Waals surface area contributed by atoms with Crippen molar-refractivity contribution >= 4 is 23.4 Å². The van der Waals surface area contributed by atoms with Gasteiger partial charge in [0.25, 0.3) is 0 Å². The van der Waals surface area contributed by atoms with Crippen molar-refractivity contribution in [2.24, 2.45) is 0 Å². The largest absolute Gasteiger partial charge is 0.444 e. The molecule has 0 bridgehead atoms. The van der Waals surface area contributed by atoms with Crippen molar-refractivity contribution < 1.29 is 4.42 Å². The third kappa shape index (κ3) is 4.23. The maximum absolute atomic E-state index is 6.07. The molecule has 1 aliphatic rings. The molecule has 2 aromatic heterocycles. The van der Waals surface area contributed by atoms with E-state index < -0.39 is 0 Å². The van der Waals surface area contributed by atoms with Crippen molar-refractivity contribution in [2.45, 2.75) is 36.2 Å². The lowest BCUT2D eigenvalue weighted by Crippen LogP contribution is -2.06. The van der Waals surface area contributed by atoms with E-state index in [0.717, 1.165) is 28.8 Å². The second-order valence-electron chi connectivity index (χ2n) is 7.13. The van der Waals surface area contributed by atoms with Crippen molar-refractivity contribution in [3.8, 4) is 11.5 Å². The molecule has 0 spiro atoms. The van der Waals surface area contributed by atoms with Crippen molar-refractivity contribution in [1.29, 1.82) is 0 Å². The third-order valence-corrected chi connectivity index (χ3v) is 6.08. The van der Waals surface area contributed by atoms with Crippen LogP contribution in [0.3, 0.4) is 0 Å². The van der Waals surface area contributed by atoms with Crippen molar-refractivity contribution in [1.82, 2.24) is 19.7 Å². The molecule has 5 rings (SSSR count). The van der Waals surface area contributed by atoms with Gasteiger partial charge in [0.1, 0.15) is 12.1 Å². The normalized spacial score (nSPS) is 13.7. The van der Waals surface area contributed by atoms with E-state index in [2.05, 4.69) is 44.0 Å². The molecule has 0 N–H and O–H groups in total. The highest BCUT2D eigenvalue weighted by Gasteiger charge is 2.30. The van der Waals surface area contributed by atoms with Crippen LogP contribution in [0.25, 0.3) is 11.5 Å². The fourth-order valence-corrected chi connectivity index (χ4v) is 4.24.